The molecule has 0 saturated carbocycles. The second-order valence-electron chi connectivity index (χ2n) is 3.11. The molecule has 1 heterocycles. The lowest BCUT2D eigenvalue weighted by Crippen LogP contribution is -2.36. The number of carboxylic acids is 1. The van der Waals surface area contributed by atoms with Gasteiger partial charge in [-0.15, -0.1) is 6.42 Å². The number of aliphatic carboxylic acids is 1. The van der Waals surface area contributed by atoms with Crippen molar-refractivity contribution >= 4 is 23.5 Å². The lowest BCUT2D eigenvalue weighted by Gasteiger charge is -2.18. The van der Waals surface area contributed by atoms with Gasteiger partial charge in [0, 0.05) is 12.4 Å². The molecule has 5 nitrogen and oxygen atoms in total. The minimum absolute atomic E-state index is 0.0935. The molecule has 0 bridgehead atoms. The van der Waals surface area contributed by atoms with Crippen LogP contribution in [0.2, 0.25) is 5.02 Å². The van der Waals surface area contributed by atoms with Gasteiger partial charge in [-0.2, -0.15) is 0 Å². The van der Waals surface area contributed by atoms with Gasteiger partial charge >= 0.3 is 5.97 Å². The Morgan fingerprint density at radius 3 is 2.82 bits per heavy atom. The molecule has 0 radical (unpaired) electrons. The Hall–Kier alpha value is -2.06. The number of halogens is 1. The normalized spacial score (nSPS) is 9.41. The van der Waals surface area contributed by atoms with Gasteiger partial charge in [0.25, 0.3) is 5.91 Å². The molecule has 17 heavy (non-hydrogen) atoms. The minimum Gasteiger partial charge on any atom is -0.480 e. The van der Waals surface area contributed by atoms with Gasteiger partial charge in [0.15, 0.2) is 0 Å². The van der Waals surface area contributed by atoms with Crippen molar-refractivity contribution in [3.8, 4) is 12.3 Å². The number of pyridine rings is 1. The Bertz CT molecular complexity index is 482. The van der Waals surface area contributed by atoms with Crippen LogP contribution in [0.5, 0.6) is 0 Å². The molecule has 1 amide bonds. The zero-order valence-corrected chi connectivity index (χ0v) is 9.52. The van der Waals surface area contributed by atoms with Gasteiger partial charge in [0.1, 0.15) is 6.54 Å². The topological polar surface area (TPSA) is 70.5 Å². The summed E-state index contributed by atoms with van der Waals surface area (Å²) >= 11 is 5.79. The molecule has 1 aromatic rings. The fraction of sp³-hybridized carbons (Fsp3) is 0.182. The lowest BCUT2D eigenvalue weighted by atomic mass is 10.2. The quantitative estimate of drug-likeness (QED) is 0.808. The Balaban J connectivity index is 2.96. The van der Waals surface area contributed by atoms with Crippen molar-refractivity contribution < 1.29 is 14.7 Å². The third-order valence-corrected chi connectivity index (χ3v) is 2.20. The molecular weight excluding hydrogens is 244 g/mol. The number of carbonyl (C=O) groups is 2. The van der Waals surface area contributed by atoms with Crippen molar-refractivity contribution in [2.75, 3.05) is 13.1 Å². The highest BCUT2D eigenvalue weighted by atomic mass is 35.5. The maximum Gasteiger partial charge on any atom is 0.323 e. The Morgan fingerprint density at radius 2 is 2.29 bits per heavy atom. The highest BCUT2D eigenvalue weighted by molar-refractivity contribution is 6.33. The van der Waals surface area contributed by atoms with Crippen LogP contribution in [0, 0.1) is 12.3 Å². The summed E-state index contributed by atoms with van der Waals surface area (Å²) < 4.78 is 0. The number of rotatable bonds is 4. The molecule has 0 saturated heterocycles. The predicted octanol–water partition coefficient (Wildman–Crippen LogP) is 0.895. The number of carboxylic acid groups (broad SMARTS) is 1. The number of hydrogen-bond donors (Lipinski definition) is 1. The van der Waals surface area contributed by atoms with E-state index in [1.807, 2.05) is 0 Å². The van der Waals surface area contributed by atoms with Crippen molar-refractivity contribution in [2.45, 2.75) is 0 Å². The second-order valence-corrected chi connectivity index (χ2v) is 3.52. The van der Waals surface area contributed by atoms with Crippen molar-refractivity contribution in [3.63, 3.8) is 0 Å². The molecule has 0 aliphatic carbocycles. The summed E-state index contributed by atoms with van der Waals surface area (Å²) in [6.07, 6.45) is 7.78. The average Bonchev–Trinajstić information content (AvgIpc) is 2.28. The standard InChI is InChI=1S/C11H9ClN2O3/c1-2-5-14(7-10(15)16)11(17)8-3-4-13-6-9(8)12/h1,3-4,6H,5,7H2,(H,15,16). The number of hydrogen-bond acceptors (Lipinski definition) is 3. The summed E-state index contributed by atoms with van der Waals surface area (Å²) in [5.74, 6) is 0.556. The molecular formula is C11H9ClN2O3. The molecule has 1 aromatic heterocycles. The van der Waals surface area contributed by atoms with E-state index >= 15 is 0 Å². The summed E-state index contributed by atoms with van der Waals surface area (Å²) in [6, 6.07) is 1.41. The number of amides is 1. The summed E-state index contributed by atoms with van der Waals surface area (Å²) in [7, 11) is 0. The molecule has 0 aromatic carbocycles. The summed E-state index contributed by atoms with van der Waals surface area (Å²) in [6.45, 7) is -0.564. The monoisotopic (exact) mass is 252 g/mol. The molecule has 6 heteroatoms. The van der Waals surface area contributed by atoms with Crippen LogP contribution in [0.4, 0.5) is 0 Å². The molecule has 0 aliphatic heterocycles. The Kier molecular flexibility index (Phi) is 4.49. The van der Waals surface area contributed by atoms with Crippen LogP contribution in [0.25, 0.3) is 0 Å². The third-order valence-electron chi connectivity index (χ3n) is 1.90. The molecule has 88 valence electrons. The van der Waals surface area contributed by atoms with E-state index in [4.69, 9.17) is 23.1 Å². The first-order valence-electron chi connectivity index (χ1n) is 4.60. The smallest absolute Gasteiger partial charge is 0.323 e. The van der Waals surface area contributed by atoms with Crippen LogP contribution in [0.3, 0.4) is 0 Å². The average molecular weight is 253 g/mol. The third kappa shape index (κ3) is 3.47. The molecule has 0 fully saturated rings. The highest BCUT2D eigenvalue weighted by Gasteiger charge is 2.19. The van der Waals surface area contributed by atoms with E-state index in [9.17, 15) is 9.59 Å². The summed E-state index contributed by atoms with van der Waals surface area (Å²) in [5, 5.41) is 8.83. The van der Waals surface area contributed by atoms with Crippen molar-refractivity contribution in [1.29, 1.82) is 0 Å². The summed E-state index contributed by atoms with van der Waals surface area (Å²) in [5.41, 5.74) is 0.179. The van der Waals surface area contributed by atoms with E-state index in [1.54, 1.807) is 0 Å². The predicted molar refractivity (Wildman–Crippen MR) is 61.6 cm³/mol. The molecule has 1 N–H and O–H groups in total. The van der Waals surface area contributed by atoms with Gasteiger partial charge in [0.2, 0.25) is 0 Å². The van der Waals surface area contributed by atoms with Gasteiger partial charge in [-0.1, -0.05) is 17.5 Å². The van der Waals surface area contributed by atoms with Crippen LogP contribution in [-0.2, 0) is 4.79 Å². The number of terminal acetylenes is 1. The van der Waals surface area contributed by atoms with Gasteiger partial charge in [-0.3, -0.25) is 14.6 Å². The van der Waals surface area contributed by atoms with Crippen molar-refractivity contribution in [3.05, 3.63) is 29.0 Å². The first-order valence-corrected chi connectivity index (χ1v) is 4.98. The fourth-order valence-electron chi connectivity index (χ4n) is 1.19. The van der Waals surface area contributed by atoms with Crippen LogP contribution in [-0.4, -0.2) is 40.0 Å². The Morgan fingerprint density at radius 1 is 1.59 bits per heavy atom. The van der Waals surface area contributed by atoms with E-state index in [0.717, 1.165) is 4.90 Å². The van der Waals surface area contributed by atoms with Crippen LogP contribution in [0.15, 0.2) is 18.5 Å². The number of nitrogens with zero attached hydrogens (tertiary/aromatic N) is 2. The van der Waals surface area contributed by atoms with E-state index in [-0.39, 0.29) is 17.1 Å². The molecule has 0 unspecified atom stereocenters. The zero-order valence-electron chi connectivity index (χ0n) is 8.76. The molecule has 1 rings (SSSR count). The Labute approximate surface area is 103 Å². The van der Waals surface area contributed by atoms with Gasteiger partial charge < -0.3 is 10.0 Å². The van der Waals surface area contributed by atoms with Gasteiger partial charge in [0.05, 0.1) is 17.1 Å². The summed E-state index contributed by atoms with van der Waals surface area (Å²) in [4.78, 5) is 27.3. The van der Waals surface area contributed by atoms with E-state index in [2.05, 4.69) is 10.9 Å². The van der Waals surface area contributed by atoms with Crippen molar-refractivity contribution in [2.24, 2.45) is 0 Å². The number of aromatic nitrogens is 1. The van der Waals surface area contributed by atoms with E-state index in [1.165, 1.54) is 18.5 Å². The molecule has 0 aliphatic rings. The lowest BCUT2D eigenvalue weighted by molar-refractivity contribution is -0.137. The fourth-order valence-corrected chi connectivity index (χ4v) is 1.39. The second kappa shape index (κ2) is 5.87. The maximum atomic E-state index is 11.9. The van der Waals surface area contributed by atoms with Crippen molar-refractivity contribution in [1.82, 2.24) is 9.88 Å². The van der Waals surface area contributed by atoms with E-state index in [0.29, 0.717) is 0 Å². The molecule has 0 spiro atoms. The maximum absolute atomic E-state index is 11.9. The van der Waals surface area contributed by atoms with E-state index < -0.39 is 18.4 Å². The first-order chi connectivity index (χ1) is 8.06. The van der Waals surface area contributed by atoms with Crippen LogP contribution >= 0.6 is 11.6 Å². The van der Waals surface area contributed by atoms with Crippen LogP contribution < -0.4 is 0 Å². The van der Waals surface area contributed by atoms with Gasteiger partial charge in [-0.05, 0) is 6.07 Å². The SMILES string of the molecule is C#CCN(CC(=O)O)C(=O)c1ccncc1Cl. The zero-order chi connectivity index (χ0) is 12.8. The number of carbonyl (C=O) groups excluding carboxylic acids is 1. The first kappa shape index (κ1) is 13.0. The largest absolute Gasteiger partial charge is 0.480 e. The molecule has 0 atom stereocenters. The minimum atomic E-state index is -1.14. The highest BCUT2D eigenvalue weighted by Crippen LogP contribution is 2.15. The van der Waals surface area contributed by atoms with Crippen LogP contribution in [0.1, 0.15) is 10.4 Å². The van der Waals surface area contributed by atoms with Gasteiger partial charge in [-0.25, -0.2) is 0 Å².